The normalized spacial score (nSPS) is 26.9. The molecule has 2 saturated heterocycles. The van der Waals surface area contributed by atoms with E-state index in [0.29, 0.717) is 11.8 Å². The molecule has 2 N–H and O–H groups in total. The smallest absolute Gasteiger partial charge is 0.266 e. The summed E-state index contributed by atoms with van der Waals surface area (Å²) in [6, 6.07) is 5.93. The Kier molecular flexibility index (Phi) is 5.47. The largest absolute Gasteiger partial charge is 0.341 e. The van der Waals surface area contributed by atoms with Crippen LogP contribution in [0.5, 0.6) is 0 Å². The van der Waals surface area contributed by atoms with Crippen molar-refractivity contribution in [3.05, 3.63) is 29.3 Å². The molecule has 29 heavy (non-hydrogen) atoms. The monoisotopic (exact) mass is 396 g/mol. The van der Waals surface area contributed by atoms with E-state index in [1.54, 1.807) is 4.90 Å². The third-order valence-corrected chi connectivity index (χ3v) is 6.70. The summed E-state index contributed by atoms with van der Waals surface area (Å²) in [4.78, 5) is 34.6. The minimum absolute atomic E-state index is 0.0200. The summed E-state index contributed by atoms with van der Waals surface area (Å²) in [5.41, 5.74) is 9.63. The van der Waals surface area contributed by atoms with Gasteiger partial charge in [0.2, 0.25) is 5.91 Å². The van der Waals surface area contributed by atoms with Crippen LogP contribution >= 0.6 is 0 Å². The van der Waals surface area contributed by atoms with Crippen LogP contribution in [0.25, 0.3) is 0 Å². The highest BCUT2D eigenvalue weighted by Gasteiger charge is 2.36. The number of rotatable bonds is 3. The van der Waals surface area contributed by atoms with E-state index in [2.05, 4.69) is 18.8 Å². The molecule has 2 bridgehead atoms. The number of hydrogen-bond donors (Lipinski definition) is 1. The van der Waals surface area contributed by atoms with Gasteiger partial charge in [-0.2, -0.15) is 0 Å². The van der Waals surface area contributed by atoms with Crippen LogP contribution in [0.3, 0.4) is 0 Å². The van der Waals surface area contributed by atoms with Gasteiger partial charge in [-0.3, -0.25) is 19.5 Å². The van der Waals surface area contributed by atoms with Crippen molar-refractivity contribution in [3.63, 3.8) is 0 Å². The van der Waals surface area contributed by atoms with Gasteiger partial charge in [-0.25, -0.2) is 0 Å². The van der Waals surface area contributed by atoms with Gasteiger partial charge in [0.25, 0.3) is 5.91 Å². The molecule has 0 spiro atoms. The third kappa shape index (κ3) is 3.82. The van der Waals surface area contributed by atoms with Crippen molar-refractivity contribution in [1.82, 2.24) is 4.90 Å². The second kappa shape index (κ2) is 7.90. The Hall–Kier alpha value is -2.21. The maximum atomic E-state index is 13.3. The van der Waals surface area contributed by atoms with Crippen molar-refractivity contribution in [2.45, 2.75) is 52.6 Å². The Labute approximate surface area is 173 Å². The molecule has 1 aromatic rings. The molecule has 1 aliphatic carbocycles. The van der Waals surface area contributed by atoms with Crippen LogP contribution in [0.4, 0.5) is 5.69 Å². The van der Waals surface area contributed by atoms with E-state index in [0.717, 1.165) is 35.6 Å². The second-order valence-corrected chi connectivity index (χ2v) is 9.19. The molecule has 156 valence electrons. The first-order chi connectivity index (χ1) is 13.8. The van der Waals surface area contributed by atoms with Gasteiger partial charge in [0, 0.05) is 24.4 Å². The zero-order chi connectivity index (χ0) is 20.7. The summed E-state index contributed by atoms with van der Waals surface area (Å²) in [6.07, 6.45) is 3.89. The van der Waals surface area contributed by atoms with Crippen molar-refractivity contribution < 1.29 is 9.59 Å². The van der Waals surface area contributed by atoms with Crippen LogP contribution in [-0.2, 0) is 9.59 Å². The summed E-state index contributed by atoms with van der Waals surface area (Å²) in [6.45, 7) is 7.75. The van der Waals surface area contributed by atoms with Crippen molar-refractivity contribution >= 4 is 23.2 Å². The van der Waals surface area contributed by atoms with E-state index >= 15 is 0 Å². The Morgan fingerprint density at radius 1 is 1.17 bits per heavy atom. The topological polar surface area (TPSA) is 79.0 Å². The molecule has 6 heteroatoms. The molecule has 5 rings (SSSR count). The number of amides is 2. The number of hydrogen-bond acceptors (Lipinski definition) is 4. The number of para-hydroxylation sites is 1. The van der Waals surface area contributed by atoms with Crippen LogP contribution in [0.15, 0.2) is 23.2 Å². The van der Waals surface area contributed by atoms with Gasteiger partial charge in [0.15, 0.2) is 6.17 Å². The van der Waals surface area contributed by atoms with E-state index in [-0.39, 0.29) is 24.3 Å². The number of nitrogens with two attached hydrogens (primary N) is 1. The summed E-state index contributed by atoms with van der Waals surface area (Å²) < 4.78 is 0. The van der Waals surface area contributed by atoms with Crippen molar-refractivity contribution in [2.75, 3.05) is 24.5 Å². The molecule has 0 radical (unpaired) electrons. The van der Waals surface area contributed by atoms with Gasteiger partial charge < -0.3 is 10.6 Å². The lowest BCUT2D eigenvalue weighted by atomic mass is 9.84. The molecule has 0 aromatic heterocycles. The van der Waals surface area contributed by atoms with Crippen LogP contribution < -0.4 is 10.6 Å². The number of fused-ring (bicyclic) bond motifs is 5. The Morgan fingerprint density at radius 3 is 2.38 bits per heavy atom. The van der Waals surface area contributed by atoms with Crippen LogP contribution in [0.2, 0.25) is 0 Å². The minimum Gasteiger partial charge on any atom is -0.341 e. The number of carbonyl (C=O) groups excluding carboxylic acids is 2. The van der Waals surface area contributed by atoms with Gasteiger partial charge in [0.05, 0.1) is 5.69 Å². The molecule has 3 aliphatic heterocycles. The number of benzene rings is 1. The van der Waals surface area contributed by atoms with Crippen molar-refractivity contribution in [2.24, 2.45) is 28.5 Å². The van der Waals surface area contributed by atoms with E-state index in [1.165, 1.54) is 25.7 Å². The molecule has 2 amide bonds. The van der Waals surface area contributed by atoms with Gasteiger partial charge in [-0.1, -0.05) is 32.0 Å². The highest BCUT2D eigenvalue weighted by molar-refractivity contribution is 6.15. The molecular weight excluding hydrogens is 364 g/mol. The number of aryl methyl sites for hydroxylation is 1. The Balaban J connectivity index is 1.66. The summed E-state index contributed by atoms with van der Waals surface area (Å²) in [5.74, 6) is 1.05. The molecule has 1 unspecified atom stereocenters. The molecule has 4 aliphatic rings. The first-order valence-corrected chi connectivity index (χ1v) is 10.9. The summed E-state index contributed by atoms with van der Waals surface area (Å²) >= 11 is 0. The minimum atomic E-state index is -0.979. The lowest BCUT2D eigenvalue weighted by molar-refractivity contribution is -0.132. The average molecular weight is 397 g/mol. The highest BCUT2D eigenvalue weighted by atomic mass is 16.2. The molecular formula is C23H32N4O2. The SMILES string of the molecule is Cc1cccc2c1N(CC(=O)N1CC3CCC(CC3)C1)C(=O)C(N)N=C2C(C)C. The molecule has 1 aromatic carbocycles. The molecule has 1 saturated carbocycles. The Bertz CT molecular complexity index is 825. The van der Waals surface area contributed by atoms with Crippen LogP contribution in [0, 0.1) is 24.7 Å². The van der Waals surface area contributed by atoms with E-state index in [4.69, 9.17) is 5.73 Å². The first-order valence-electron chi connectivity index (χ1n) is 10.9. The number of benzodiazepines with no additional fused rings is 1. The zero-order valence-corrected chi connectivity index (χ0v) is 17.7. The third-order valence-electron chi connectivity index (χ3n) is 6.70. The fourth-order valence-corrected chi connectivity index (χ4v) is 5.12. The average Bonchev–Trinajstić information content (AvgIpc) is 3.07. The Morgan fingerprint density at radius 2 is 1.79 bits per heavy atom. The van der Waals surface area contributed by atoms with Gasteiger partial charge in [-0.15, -0.1) is 0 Å². The van der Waals surface area contributed by atoms with Crippen molar-refractivity contribution in [3.8, 4) is 0 Å². The maximum absolute atomic E-state index is 13.3. The van der Waals surface area contributed by atoms with E-state index in [9.17, 15) is 9.59 Å². The molecule has 6 nitrogen and oxygen atoms in total. The second-order valence-electron chi connectivity index (χ2n) is 9.19. The predicted molar refractivity (Wildman–Crippen MR) is 115 cm³/mol. The number of anilines is 1. The van der Waals surface area contributed by atoms with Gasteiger partial charge in [0.1, 0.15) is 6.54 Å². The molecule has 3 heterocycles. The maximum Gasteiger partial charge on any atom is 0.266 e. The molecule has 1 atom stereocenters. The number of carbonyl (C=O) groups is 2. The predicted octanol–water partition coefficient (Wildman–Crippen LogP) is 2.72. The van der Waals surface area contributed by atoms with Crippen LogP contribution in [0.1, 0.15) is 50.7 Å². The molecule has 3 fully saturated rings. The quantitative estimate of drug-likeness (QED) is 0.853. The lowest BCUT2D eigenvalue weighted by Crippen LogP contribution is -2.49. The number of aliphatic imine (C=N–C) groups is 1. The number of nitrogens with zero attached hydrogens (tertiary/aromatic N) is 3. The van der Waals surface area contributed by atoms with Gasteiger partial charge in [-0.05, 0) is 55.9 Å². The van der Waals surface area contributed by atoms with E-state index in [1.807, 2.05) is 30.0 Å². The van der Waals surface area contributed by atoms with Crippen LogP contribution in [-0.4, -0.2) is 48.2 Å². The fraction of sp³-hybridized carbons (Fsp3) is 0.609. The highest BCUT2D eigenvalue weighted by Crippen LogP contribution is 2.35. The standard InChI is InChI=1S/C23H32N4O2/c1-14(2)20-18-6-4-5-15(3)21(18)27(23(29)22(24)25-20)13-19(28)26-11-16-7-8-17(12-26)10-9-16/h4-6,14,16-17,22H,7-13,24H2,1-3H3. The summed E-state index contributed by atoms with van der Waals surface area (Å²) in [7, 11) is 0. The van der Waals surface area contributed by atoms with Crippen molar-refractivity contribution in [1.29, 1.82) is 0 Å². The van der Waals surface area contributed by atoms with Gasteiger partial charge >= 0.3 is 0 Å². The van der Waals surface area contributed by atoms with E-state index < -0.39 is 6.17 Å². The first kappa shape index (κ1) is 20.1. The summed E-state index contributed by atoms with van der Waals surface area (Å²) in [5, 5.41) is 0. The lowest BCUT2D eigenvalue weighted by Gasteiger charge is -2.29. The fourth-order valence-electron chi connectivity index (χ4n) is 5.12. The zero-order valence-electron chi connectivity index (χ0n) is 17.7.